The van der Waals surface area contributed by atoms with E-state index in [1.807, 2.05) is 30.3 Å². The Morgan fingerprint density at radius 3 is 2.71 bits per heavy atom. The summed E-state index contributed by atoms with van der Waals surface area (Å²) in [5.41, 5.74) is 1.30. The van der Waals surface area contributed by atoms with Crippen LogP contribution < -0.4 is 4.74 Å². The van der Waals surface area contributed by atoms with E-state index in [0.29, 0.717) is 15.8 Å². The van der Waals surface area contributed by atoms with Crippen LogP contribution in [0.4, 0.5) is 4.39 Å². The molecule has 0 saturated heterocycles. The van der Waals surface area contributed by atoms with Crippen LogP contribution >= 0.6 is 15.9 Å². The van der Waals surface area contributed by atoms with Crippen molar-refractivity contribution in [1.29, 1.82) is 0 Å². The van der Waals surface area contributed by atoms with Gasteiger partial charge in [0.15, 0.2) is 0 Å². The lowest BCUT2D eigenvalue weighted by atomic mass is 10.1. The van der Waals surface area contributed by atoms with Crippen molar-refractivity contribution >= 4 is 26.8 Å². The molecule has 0 atom stereocenters. The highest BCUT2D eigenvalue weighted by Crippen LogP contribution is 2.29. The van der Waals surface area contributed by atoms with Gasteiger partial charge in [0.25, 0.3) is 0 Å². The second-order valence-corrected chi connectivity index (χ2v) is 5.43. The number of hydrogen-bond donors (Lipinski definition) is 1. The number of pyridine rings is 1. The number of nitrogens with zero attached hydrogens (tertiary/aromatic N) is 1. The third-order valence-electron chi connectivity index (χ3n) is 2.98. The molecule has 0 saturated carbocycles. The Morgan fingerprint density at radius 2 is 1.95 bits per heavy atom. The molecule has 0 fully saturated rings. The average Bonchev–Trinajstić information content (AvgIpc) is 2.45. The number of fused-ring (bicyclic) bond motifs is 1. The zero-order valence-corrected chi connectivity index (χ0v) is 12.5. The van der Waals surface area contributed by atoms with Crippen LogP contribution in [0.25, 0.3) is 10.9 Å². The van der Waals surface area contributed by atoms with Crippen LogP contribution in [0.5, 0.6) is 11.6 Å². The monoisotopic (exact) mass is 347 g/mol. The molecule has 3 nitrogen and oxygen atoms in total. The number of rotatable bonds is 3. The van der Waals surface area contributed by atoms with Gasteiger partial charge in [0.1, 0.15) is 11.6 Å². The molecule has 0 spiro atoms. The molecule has 0 aliphatic heterocycles. The summed E-state index contributed by atoms with van der Waals surface area (Å²) in [5, 5.41) is 10.4. The van der Waals surface area contributed by atoms with E-state index >= 15 is 0 Å². The number of aromatic nitrogens is 1. The Bertz CT molecular complexity index is 787. The van der Waals surface area contributed by atoms with Gasteiger partial charge in [-0.05, 0) is 24.3 Å². The summed E-state index contributed by atoms with van der Waals surface area (Å²) in [4.78, 5) is 4.38. The zero-order chi connectivity index (χ0) is 14.8. The highest BCUT2D eigenvalue weighted by Gasteiger charge is 2.10. The maximum absolute atomic E-state index is 13.4. The zero-order valence-electron chi connectivity index (χ0n) is 10.9. The second-order valence-electron chi connectivity index (χ2n) is 4.51. The maximum Gasteiger partial charge on any atom is 0.225 e. The smallest absolute Gasteiger partial charge is 0.225 e. The van der Waals surface area contributed by atoms with E-state index in [4.69, 9.17) is 4.74 Å². The van der Waals surface area contributed by atoms with E-state index in [2.05, 4.69) is 20.9 Å². The van der Waals surface area contributed by atoms with Crippen LogP contribution in [-0.4, -0.2) is 10.1 Å². The van der Waals surface area contributed by atoms with Crippen molar-refractivity contribution in [1.82, 2.24) is 4.98 Å². The summed E-state index contributed by atoms with van der Waals surface area (Å²) >= 11 is 3.21. The number of hydrogen-bond acceptors (Lipinski definition) is 3. The van der Waals surface area contributed by atoms with E-state index in [1.54, 1.807) is 6.07 Å². The van der Waals surface area contributed by atoms with E-state index in [9.17, 15) is 9.50 Å². The fourth-order valence-electron chi connectivity index (χ4n) is 2.04. The minimum Gasteiger partial charge on any atom is -0.438 e. The molecule has 5 heteroatoms. The van der Waals surface area contributed by atoms with Gasteiger partial charge in [-0.1, -0.05) is 34.1 Å². The average molecular weight is 348 g/mol. The van der Waals surface area contributed by atoms with Gasteiger partial charge >= 0.3 is 0 Å². The van der Waals surface area contributed by atoms with Crippen molar-refractivity contribution in [2.45, 2.75) is 6.61 Å². The highest BCUT2D eigenvalue weighted by molar-refractivity contribution is 9.10. The molecule has 0 radical (unpaired) electrons. The van der Waals surface area contributed by atoms with Gasteiger partial charge < -0.3 is 9.84 Å². The van der Waals surface area contributed by atoms with Crippen molar-refractivity contribution in [3.63, 3.8) is 0 Å². The van der Waals surface area contributed by atoms with Gasteiger partial charge in [0, 0.05) is 21.5 Å². The van der Waals surface area contributed by atoms with Gasteiger partial charge in [-0.15, -0.1) is 0 Å². The third kappa shape index (κ3) is 3.04. The SMILES string of the molecule is OCc1cc2ccccc2nc1Oc1cc(F)cc(Br)c1. The molecule has 0 unspecified atom stereocenters. The van der Waals surface area contributed by atoms with Gasteiger partial charge in [-0.2, -0.15) is 0 Å². The molecule has 1 heterocycles. The number of aliphatic hydroxyl groups is 1. The third-order valence-corrected chi connectivity index (χ3v) is 3.44. The lowest BCUT2D eigenvalue weighted by Gasteiger charge is -2.10. The number of aliphatic hydroxyl groups excluding tert-OH is 1. The first-order chi connectivity index (χ1) is 10.2. The summed E-state index contributed by atoms with van der Waals surface area (Å²) in [6.07, 6.45) is 0. The predicted octanol–water partition coefficient (Wildman–Crippen LogP) is 4.42. The van der Waals surface area contributed by atoms with Crippen molar-refractivity contribution < 1.29 is 14.2 Å². The van der Waals surface area contributed by atoms with E-state index in [-0.39, 0.29) is 12.5 Å². The summed E-state index contributed by atoms with van der Waals surface area (Å²) in [6, 6.07) is 13.6. The number of para-hydroxylation sites is 1. The Kier molecular flexibility index (Phi) is 3.86. The van der Waals surface area contributed by atoms with Crippen LogP contribution in [-0.2, 0) is 6.61 Å². The Morgan fingerprint density at radius 1 is 1.14 bits per heavy atom. The van der Waals surface area contributed by atoms with E-state index < -0.39 is 5.82 Å². The molecule has 106 valence electrons. The Labute approximate surface area is 129 Å². The second kappa shape index (κ2) is 5.79. The highest BCUT2D eigenvalue weighted by atomic mass is 79.9. The number of ether oxygens (including phenoxy) is 1. The van der Waals surface area contributed by atoms with Gasteiger partial charge in [0.05, 0.1) is 12.1 Å². The fourth-order valence-corrected chi connectivity index (χ4v) is 2.49. The minimum atomic E-state index is -0.411. The van der Waals surface area contributed by atoms with Crippen molar-refractivity contribution in [2.24, 2.45) is 0 Å². The molecule has 0 amide bonds. The van der Waals surface area contributed by atoms with Crippen LogP contribution in [0.3, 0.4) is 0 Å². The van der Waals surface area contributed by atoms with Gasteiger partial charge in [0.2, 0.25) is 5.88 Å². The topological polar surface area (TPSA) is 42.4 Å². The predicted molar refractivity (Wildman–Crippen MR) is 81.8 cm³/mol. The Hall–Kier alpha value is -1.98. The lowest BCUT2D eigenvalue weighted by Crippen LogP contribution is -1.96. The quantitative estimate of drug-likeness (QED) is 0.762. The van der Waals surface area contributed by atoms with Crippen molar-refractivity contribution in [3.8, 4) is 11.6 Å². The van der Waals surface area contributed by atoms with E-state index in [1.165, 1.54) is 12.1 Å². The first kappa shape index (κ1) is 14.0. The molecule has 0 bridgehead atoms. The number of benzene rings is 2. The molecule has 2 aromatic carbocycles. The maximum atomic E-state index is 13.4. The summed E-state index contributed by atoms with van der Waals surface area (Å²) in [7, 11) is 0. The normalized spacial score (nSPS) is 10.8. The van der Waals surface area contributed by atoms with Crippen LogP contribution in [0.2, 0.25) is 0 Å². The molecule has 21 heavy (non-hydrogen) atoms. The first-order valence-electron chi connectivity index (χ1n) is 6.29. The molecule has 1 N–H and O–H groups in total. The lowest BCUT2D eigenvalue weighted by molar-refractivity contribution is 0.275. The Balaban J connectivity index is 2.06. The van der Waals surface area contributed by atoms with Gasteiger partial charge in [-0.3, -0.25) is 0 Å². The van der Waals surface area contributed by atoms with Crippen LogP contribution in [0.15, 0.2) is 53.0 Å². The first-order valence-corrected chi connectivity index (χ1v) is 7.08. The summed E-state index contributed by atoms with van der Waals surface area (Å²) in [6.45, 7) is -0.205. The molecule has 3 rings (SSSR count). The fraction of sp³-hybridized carbons (Fsp3) is 0.0625. The standard InChI is InChI=1S/C16H11BrFNO2/c17-12-6-13(18)8-14(7-12)21-16-11(9-20)5-10-3-1-2-4-15(10)19-16/h1-8,20H,9H2. The van der Waals surface area contributed by atoms with Crippen molar-refractivity contribution in [3.05, 3.63) is 64.4 Å². The summed E-state index contributed by atoms with van der Waals surface area (Å²) in [5.74, 6) is 0.179. The minimum absolute atomic E-state index is 0.205. The van der Waals surface area contributed by atoms with Crippen molar-refractivity contribution in [2.75, 3.05) is 0 Å². The molecule has 0 aliphatic rings. The molecule has 1 aromatic heterocycles. The van der Waals surface area contributed by atoms with Gasteiger partial charge in [-0.25, -0.2) is 9.37 Å². The van der Waals surface area contributed by atoms with E-state index in [0.717, 1.165) is 10.9 Å². The molecule has 3 aromatic rings. The molecular formula is C16H11BrFNO2. The van der Waals surface area contributed by atoms with Crippen LogP contribution in [0.1, 0.15) is 5.56 Å². The molecule has 0 aliphatic carbocycles. The largest absolute Gasteiger partial charge is 0.438 e. The molecular weight excluding hydrogens is 337 g/mol. The summed E-state index contributed by atoms with van der Waals surface area (Å²) < 4.78 is 19.6. The van der Waals surface area contributed by atoms with Crippen LogP contribution in [0, 0.1) is 5.82 Å². The number of halogens is 2.